The molecule has 0 saturated heterocycles. The van der Waals surface area contributed by atoms with Gasteiger partial charge in [0.2, 0.25) is 0 Å². The number of hydrogen-bond donors (Lipinski definition) is 1. The van der Waals surface area contributed by atoms with Crippen molar-refractivity contribution in [1.82, 2.24) is 0 Å². The smallest absolute Gasteiger partial charge is 0.183 e. The van der Waals surface area contributed by atoms with Crippen LogP contribution in [0.25, 0.3) is 0 Å². The molecule has 0 radical (unpaired) electrons. The second-order valence-corrected chi connectivity index (χ2v) is 6.98. The minimum Gasteiger partial charge on any atom is -0.399 e. The highest BCUT2D eigenvalue weighted by molar-refractivity contribution is 7.90. The fraction of sp³-hybridized carbons (Fsp3) is 0.200. The minimum atomic E-state index is -3.47. The van der Waals surface area contributed by atoms with E-state index in [0.29, 0.717) is 5.69 Å². The van der Waals surface area contributed by atoms with E-state index in [1.165, 1.54) is 17.7 Å². The van der Waals surface area contributed by atoms with Gasteiger partial charge in [0.1, 0.15) is 0 Å². The Morgan fingerprint density at radius 2 is 1.65 bits per heavy atom. The lowest BCUT2D eigenvalue weighted by Crippen LogP contribution is -2.06. The summed E-state index contributed by atoms with van der Waals surface area (Å²) in [7, 11) is -3.47. The predicted molar refractivity (Wildman–Crippen MR) is 82.6 cm³/mol. The van der Waals surface area contributed by atoms with Crippen molar-refractivity contribution < 1.29 is 8.42 Å². The van der Waals surface area contributed by atoms with Crippen molar-refractivity contribution in [3.63, 3.8) is 0 Å². The molecule has 0 amide bonds. The summed E-state index contributed by atoms with van der Waals surface area (Å²) < 4.78 is 24.7. The lowest BCUT2D eigenvalue weighted by molar-refractivity contribution is 0.595. The van der Waals surface area contributed by atoms with Crippen molar-refractivity contribution in [2.75, 3.05) is 5.73 Å². The van der Waals surface area contributed by atoms with Crippen LogP contribution in [0.3, 0.4) is 0 Å². The van der Waals surface area contributed by atoms with Gasteiger partial charge in [-0.1, -0.05) is 42.8 Å². The summed E-state index contributed by atoms with van der Waals surface area (Å²) in [6, 6.07) is 12.0. The third-order valence-electron chi connectivity index (χ3n) is 3.08. The highest BCUT2D eigenvalue weighted by atomic mass is 35.5. The Balaban J connectivity index is 2.30. The molecule has 0 spiro atoms. The molecule has 2 aromatic rings. The first-order chi connectivity index (χ1) is 9.42. The minimum absolute atomic E-state index is 0.0688. The van der Waals surface area contributed by atoms with Crippen molar-refractivity contribution in [1.29, 1.82) is 0 Å². The van der Waals surface area contributed by atoms with Crippen molar-refractivity contribution >= 4 is 27.1 Å². The van der Waals surface area contributed by atoms with Gasteiger partial charge >= 0.3 is 0 Å². The summed E-state index contributed by atoms with van der Waals surface area (Å²) in [5.74, 6) is -0.0688. The predicted octanol–water partition coefficient (Wildman–Crippen LogP) is 3.46. The molecule has 0 aliphatic rings. The molecule has 2 aromatic carbocycles. The monoisotopic (exact) mass is 309 g/mol. The van der Waals surface area contributed by atoms with Crippen molar-refractivity contribution in [2.24, 2.45) is 0 Å². The zero-order valence-electron chi connectivity index (χ0n) is 11.1. The van der Waals surface area contributed by atoms with Gasteiger partial charge < -0.3 is 5.73 Å². The van der Waals surface area contributed by atoms with Gasteiger partial charge in [-0.15, -0.1) is 0 Å². The van der Waals surface area contributed by atoms with E-state index in [4.69, 9.17) is 17.3 Å². The van der Waals surface area contributed by atoms with Crippen molar-refractivity contribution in [3.8, 4) is 0 Å². The number of nitrogens with two attached hydrogens (primary N) is 1. The SMILES string of the molecule is CCc1ccc(CS(=O)(=O)c2ccc(N)cc2Cl)cc1. The van der Waals surface area contributed by atoms with E-state index < -0.39 is 9.84 Å². The summed E-state index contributed by atoms with van der Waals surface area (Å²) in [5.41, 5.74) is 7.94. The van der Waals surface area contributed by atoms with Crippen LogP contribution in [0.1, 0.15) is 18.1 Å². The average Bonchev–Trinajstić information content (AvgIpc) is 2.38. The second-order valence-electron chi connectivity index (χ2n) is 4.62. The molecule has 0 aliphatic carbocycles. The van der Waals surface area contributed by atoms with Crippen LogP contribution in [0.2, 0.25) is 5.02 Å². The number of sulfone groups is 1. The fourth-order valence-corrected chi connectivity index (χ4v) is 3.90. The van der Waals surface area contributed by atoms with Crippen molar-refractivity contribution in [2.45, 2.75) is 24.0 Å². The van der Waals surface area contributed by atoms with Crippen LogP contribution in [-0.4, -0.2) is 8.42 Å². The number of anilines is 1. The third kappa shape index (κ3) is 3.32. The summed E-state index contributed by atoms with van der Waals surface area (Å²) in [6.45, 7) is 2.06. The summed E-state index contributed by atoms with van der Waals surface area (Å²) in [4.78, 5) is 0.118. The number of halogens is 1. The topological polar surface area (TPSA) is 60.2 Å². The van der Waals surface area contributed by atoms with Gasteiger partial charge in [-0.05, 0) is 35.7 Å². The Hall–Kier alpha value is -1.52. The molecular weight excluding hydrogens is 294 g/mol. The Labute approximate surface area is 124 Å². The molecule has 0 saturated carbocycles. The standard InChI is InChI=1S/C15H16ClNO2S/c1-2-11-3-5-12(6-4-11)10-20(18,19)15-8-7-13(17)9-14(15)16/h3-9H,2,10,17H2,1H3. The highest BCUT2D eigenvalue weighted by Gasteiger charge is 2.18. The van der Waals surface area contributed by atoms with Crippen LogP contribution in [0.5, 0.6) is 0 Å². The van der Waals surface area contributed by atoms with E-state index in [0.717, 1.165) is 12.0 Å². The maximum absolute atomic E-state index is 12.4. The Kier molecular flexibility index (Phi) is 4.35. The van der Waals surface area contributed by atoms with E-state index in [2.05, 4.69) is 6.92 Å². The van der Waals surface area contributed by atoms with Gasteiger partial charge in [-0.25, -0.2) is 8.42 Å². The van der Waals surface area contributed by atoms with Crippen LogP contribution in [0.4, 0.5) is 5.69 Å². The molecule has 0 unspecified atom stereocenters. The molecular formula is C15H16ClNO2S. The van der Waals surface area contributed by atoms with E-state index in [9.17, 15) is 8.42 Å². The van der Waals surface area contributed by atoms with Gasteiger partial charge in [0.05, 0.1) is 15.7 Å². The second kappa shape index (κ2) is 5.85. The van der Waals surface area contributed by atoms with Gasteiger partial charge in [-0.2, -0.15) is 0 Å². The third-order valence-corrected chi connectivity index (χ3v) is 5.24. The number of aryl methyl sites for hydroxylation is 1. The molecule has 3 nitrogen and oxygen atoms in total. The maximum atomic E-state index is 12.4. The van der Waals surface area contributed by atoms with Crippen LogP contribution in [0.15, 0.2) is 47.4 Å². The molecule has 0 bridgehead atoms. The molecule has 0 atom stereocenters. The van der Waals surface area contributed by atoms with E-state index >= 15 is 0 Å². The fourth-order valence-electron chi connectivity index (χ4n) is 1.94. The highest BCUT2D eigenvalue weighted by Crippen LogP contribution is 2.26. The molecule has 2 rings (SSSR count). The molecule has 0 heterocycles. The Morgan fingerprint density at radius 3 is 2.20 bits per heavy atom. The first kappa shape index (κ1) is 14.9. The maximum Gasteiger partial charge on any atom is 0.183 e. The first-order valence-electron chi connectivity index (χ1n) is 6.28. The largest absolute Gasteiger partial charge is 0.399 e. The van der Waals surface area contributed by atoms with Crippen LogP contribution in [-0.2, 0) is 22.0 Å². The summed E-state index contributed by atoms with van der Waals surface area (Å²) in [5, 5.41) is 0.162. The lowest BCUT2D eigenvalue weighted by atomic mass is 10.1. The molecule has 5 heteroatoms. The van der Waals surface area contributed by atoms with E-state index in [1.807, 2.05) is 24.3 Å². The number of rotatable bonds is 4. The molecule has 106 valence electrons. The summed E-state index contributed by atoms with van der Waals surface area (Å²) in [6.07, 6.45) is 0.927. The Morgan fingerprint density at radius 1 is 1.05 bits per heavy atom. The zero-order chi connectivity index (χ0) is 14.8. The lowest BCUT2D eigenvalue weighted by Gasteiger charge is -2.08. The zero-order valence-corrected chi connectivity index (χ0v) is 12.7. The number of nitrogen functional groups attached to an aromatic ring is 1. The molecule has 0 fully saturated rings. The quantitative estimate of drug-likeness (QED) is 0.880. The molecule has 20 heavy (non-hydrogen) atoms. The van der Waals surface area contributed by atoms with Gasteiger partial charge in [0, 0.05) is 5.69 Å². The number of benzene rings is 2. The van der Waals surface area contributed by atoms with Crippen LogP contribution in [0, 0.1) is 0 Å². The normalized spacial score (nSPS) is 11.5. The summed E-state index contributed by atoms with van der Waals surface area (Å²) >= 11 is 5.97. The van der Waals surface area contributed by atoms with E-state index in [1.54, 1.807) is 6.07 Å². The van der Waals surface area contributed by atoms with E-state index in [-0.39, 0.29) is 15.7 Å². The Bertz CT molecular complexity index is 709. The van der Waals surface area contributed by atoms with Crippen LogP contribution < -0.4 is 5.73 Å². The number of hydrogen-bond acceptors (Lipinski definition) is 3. The first-order valence-corrected chi connectivity index (χ1v) is 8.31. The van der Waals surface area contributed by atoms with Crippen molar-refractivity contribution in [3.05, 3.63) is 58.6 Å². The molecule has 0 aromatic heterocycles. The molecule has 2 N–H and O–H groups in total. The average molecular weight is 310 g/mol. The van der Waals surface area contributed by atoms with Gasteiger partial charge in [-0.3, -0.25) is 0 Å². The van der Waals surface area contributed by atoms with Gasteiger partial charge in [0.15, 0.2) is 9.84 Å². The molecule has 0 aliphatic heterocycles. The van der Waals surface area contributed by atoms with Crippen LogP contribution >= 0.6 is 11.6 Å². The van der Waals surface area contributed by atoms with Gasteiger partial charge in [0.25, 0.3) is 0 Å².